The first-order valence-electron chi connectivity index (χ1n) is 9.53. The number of fused-ring (bicyclic) bond motifs is 1. The molecule has 4 aromatic rings. The Bertz CT molecular complexity index is 1240. The molecule has 2 heterocycles. The molecule has 0 bridgehead atoms. The molecule has 6 nitrogen and oxygen atoms in total. The van der Waals surface area contributed by atoms with Gasteiger partial charge in [0, 0.05) is 53.5 Å². The van der Waals surface area contributed by atoms with Crippen LogP contribution < -0.4 is 0 Å². The van der Waals surface area contributed by atoms with E-state index in [1.807, 2.05) is 49.6 Å². The second kappa shape index (κ2) is 8.51. The van der Waals surface area contributed by atoms with Crippen molar-refractivity contribution in [3.8, 4) is 0 Å². The molecular formula is C23H19N3O3S. The highest BCUT2D eigenvalue weighted by atomic mass is 32.2. The van der Waals surface area contributed by atoms with Crippen LogP contribution in [0.5, 0.6) is 0 Å². The number of hydrogen-bond acceptors (Lipinski definition) is 5. The van der Waals surface area contributed by atoms with Gasteiger partial charge in [0.25, 0.3) is 5.69 Å². The highest BCUT2D eigenvalue weighted by Gasteiger charge is 2.18. The van der Waals surface area contributed by atoms with E-state index in [1.165, 1.54) is 17.8 Å². The number of Topliss-reactive ketones (excluding diaryl/α,β-unsaturated/α-hetero) is 1. The summed E-state index contributed by atoms with van der Waals surface area (Å²) in [5, 5.41) is 12.4. The van der Waals surface area contributed by atoms with Gasteiger partial charge in [-0.05, 0) is 23.8 Å². The summed E-state index contributed by atoms with van der Waals surface area (Å²) in [6.07, 6.45) is 5.96. The summed E-state index contributed by atoms with van der Waals surface area (Å²) >= 11 is 1.36. The number of nitro groups is 1. The van der Waals surface area contributed by atoms with Crippen LogP contribution in [0.15, 0.2) is 83.0 Å². The van der Waals surface area contributed by atoms with Gasteiger partial charge in [0.2, 0.25) is 0 Å². The molecule has 0 spiro atoms. The number of aromatic nitrogens is 2. The topological polar surface area (TPSA) is 78.0 Å². The van der Waals surface area contributed by atoms with Crippen LogP contribution in [0.2, 0.25) is 0 Å². The number of nitro benzene ring substituents is 1. The molecule has 0 fully saturated rings. The van der Waals surface area contributed by atoms with Crippen molar-refractivity contribution in [2.75, 3.05) is 0 Å². The van der Waals surface area contributed by atoms with Crippen LogP contribution in [-0.2, 0) is 6.54 Å². The van der Waals surface area contributed by atoms with Gasteiger partial charge in [-0.25, -0.2) is 0 Å². The molecule has 0 amide bonds. The van der Waals surface area contributed by atoms with Gasteiger partial charge in [-0.3, -0.25) is 19.9 Å². The molecule has 4 rings (SSSR count). The minimum Gasteiger partial charge on any atom is -0.342 e. The number of benzene rings is 2. The van der Waals surface area contributed by atoms with E-state index >= 15 is 0 Å². The number of carbonyl (C=O) groups excluding carboxylic acids is 1. The standard InChI is InChI=1S/C23H19N3O3S/c1-2-21(27)17-9-10-18-20(12-17)25(14-16-6-5-11-24-13-16)15-23(18)30-22-8-4-3-7-19(22)26(28)29/h3-13,15H,2,14H2,1H3. The molecule has 0 saturated carbocycles. The average Bonchev–Trinajstić information content (AvgIpc) is 3.10. The van der Waals surface area contributed by atoms with E-state index in [4.69, 9.17) is 0 Å². The number of nitrogens with zero attached hydrogens (tertiary/aromatic N) is 3. The Kier molecular flexibility index (Phi) is 5.63. The first-order valence-corrected chi connectivity index (χ1v) is 10.3. The molecule has 0 saturated heterocycles. The van der Waals surface area contributed by atoms with Gasteiger partial charge in [-0.2, -0.15) is 0 Å². The van der Waals surface area contributed by atoms with Crippen LogP contribution in [0, 0.1) is 10.1 Å². The van der Waals surface area contributed by atoms with E-state index in [0.717, 1.165) is 21.4 Å². The zero-order valence-corrected chi connectivity index (χ0v) is 17.1. The lowest BCUT2D eigenvalue weighted by atomic mass is 10.1. The third kappa shape index (κ3) is 3.97. The van der Waals surface area contributed by atoms with Crippen molar-refractivity contribution < 1.29 is 9.72 Å². The van der Waals surface area contributed by atoms with Crippen LogP contribution in [0.25, 0.3) is 10.9 Å². The molecule has 0 unspecified atom stereocenters. The molecule has 2 aromatic heterocycles. The molecule has 0 radical (unpaired) electrons. The second-order valence-electron chi connectivity index (χ2n) is 6.82. The van der Waals surface area contributed by atoms with Gasteiger partial charge >= 0.3 is 0 Å². The van der Waals surface area contributed by atoms with E-state index in [0.29, 0.717) is 23.4 Å². The number of ketones is 1. The Morgan fingerprint density at radius 1 is 1.13 bits per heavy atom. The van der Waals surface area contributed by atoms with E-state index in [2.05, 4.69) is 9.55 Å². The molecule has 0 aliphatic rings. The molecule has 0 aliphatic heterocycles. The molecule has 2 aromatic carbocycles. The summed E-state index contributed by atoms with van der Waals surface area (Å²) in [6.45, 7) is 2.43. The van der Waals surface area contributed by atoms with Crippen LogP contribution >= 0.6 is 11.8 Å². The van der Waals surface area contributed by atoms with Crippen molar-refractivity contribution in [3.63, 3.8) is 0 Å². The minimum absolute atomic E-state index is 0.0773. The van der Waals surface area contributed by atoms with Gasteiger partial charge in [0.05, 0.1) is 15.3 Å². The fraction of sp³-hybridized carbons (Fsp3) is 0.130. The molecule has 150 valence electrons. The molecular weight excluding hydrogens is 398 g/mol. The van der Waals surface area contributed by atoms with E-state index in [-0.39, 0.29) is 16.4 Å². The predicted octanol–water partition coefficient (Wildman–Crippen LogP) is 5.74. The maximum Gasteiger partial charge on any atom is 0.283 e. The lowest BCUT2D eigenvalue weighted by molar-refractivity contribution is -0.387. The zero-order valence-electron chi connectivity index (χ0n) is 16.3. The van der Waals surface area contributed by atoms with Crippen LogP contribution in [0.3, 0.4) is 0 Å². The third-order valence-corrected chi connectivity index (χ3v) is 5.96. The average molecular weight is 417 g/mol. The van der Waals surface area contributed by atoms with Crippen molar-refractivity contribution in [1.82, 2.24) is 9.55 Å². The maximum absolute atomic E-state index is 12.2. The van der Waals surface area contributed by atoms with Crippen molar-refractivity contribution in [1.29, 1.82) is 0 Å². The normalized spacial score (nSPS) is 11.0. The molecule has 0 N–H and O–H groups in total. The number of para-hydroxylation sites is 1. The highest BCUT2D eigenvalue weighted by Crippen LogP contribution is 2.39. The van der Waals surface area contributed by atoms with E-state index in [1.54, 1.807) is 24.4 Å². The minimum atomic E-state index is -0.366. The van der Waals surface area contributed by atoms with Crippen molar-refractivity contribution in [2.24, 2.45) is 0 Å². The summed E-state index contributed by atoms with van der Waals surface area (Å²) in [5.74, 6) is 0.0823. The number of rotatable bonds is 7. The Balaban J connectivity index is 1.82. The van der Waals surface area contributed by atoms with Gasteiger partial charge in [-0.1, -0.05) is 49.0 Å². The van der Waals surface area contributed by atoms with Crippen molar-refractivity contribution >= 4 is 34.1 Å². The fourth-order valence-corrected chi connectivity index (χ4v) is 4.44. The van der Waals surface area contributed by atoms with Gasteiger partial charge in [0.15, 0.2) is 5.78 Å². The zero-order chi connectivity index (χ0) is 21.1. The number of pyridine rings is 1. The maximum atomic E-state index is 12.2. The Morgan fingerprint density at radius 3 is 2.70 bits per heavy atom. The lowest BCUT2D eigenvalue weighted by Crippen LogP contribution is -2.00. The molecule has 30 heavy (non-hydrogen) atoms. The molecule has 7 heteroatoms. The Morgan fingerprint density at radius 2 is 1.97 bits per heavy atom. The third-order valence-electron chi connectivity index (χ3n) is 4.85. The summed E-state index contributed by atoms with van der Waals surface area (Å²) in [6, 6.07) is 16.3. The van der Waals surface area contributed by atoms with Crippen LogP contribution in [-0.4, -0.2) is 20.3 Å². The van der Waals surface area contributed by atoms with Crippen LogP contribution in [0.1, 0.15) is 29.3 Å². The quantitative estimate of drug-likeness (QED) is 0.218. The van der Waals surface area contributed by atoms with Gasteiger partial charge < -0.3 is 4.57 Å². The Labute approximate surface area is 177 Å². The largest absolute Gasteiger partial charge is 0.342 e. The van der Waals surface area contributed by atoms with E-state index in [9.17, 15) is 14.9 Å². The summed E-state index contributed by atoms with van der Waals surface area (Å²) in [5.41, 5.74) is 2.69. The SMILES string of the molecule is CCC(=O)c1ccc2c(Sc3ccccc3[N+](=O)[O-])cn(Cc3cccnc3)c2c1. The van der Waals surface area contributed by atoms with Crippen molar-refractivity contribution in [3.05, 3.63) is 94.4 Å². The molecule has 0 atom stereocenters. The summed E-state index contributed by atoms with van der Waals surface area (Å²) in [4.78, 5) is 29.0. The van der Waals surface area contributed by atoms with Crippen molar-refractivity contribution in [2.45, 2.75) is 29.7 Å². The predicted molar refractivity (Wildman–Crippen MR) is 117 cm³/mol. The molecule has 0 aliphatic carbocycles. The lowest BCUT2D eigenvalue weighted by Gasteiger charge is -2.06. The van der Waals surface area contributed by atoms with Gasteiger partial charge in [0.1, 0.15) is 0 Å². The second-order valence-corrected chi connectivity index (χ2v) is 7.90. The van der Waals surface area contributed by atoms with Crippen LogP contribution in [0.4, 0.5) is 5.69 Å². The number of hydrogen-bond donors (Lipinski definition) is 0. The monoisotopic (exact) mass is 417 g/mol. The highest BCUT2D eigenvalue weighted by molar-refractivity contribution is 7.99. The first-order chi connectivity index (χ1) is 14.6. The first kappa shape index (κ1) is 19.8. The Hall–Kier alpha value is -3.45. The fourth-order valence-electron chi connectivity index (χ4n) is 3.35. The smallest absolute Gasteiger partial charge is 0.283 e. The number of carbonyl (C=O) groups is 1. The van der Waals surface area contributed by atoms with E-state index < -0.39 is 0 Å². The summed E-state index contributed by atoms with van der Waals surface area (Å²) < 4.78 is 2.07. The van der Waals surface area contributed by atoms with Gasteiger partial charge in [-0.15, -0.1) is 0 Å². The summed E-state index contributed by atoms with van der Waals surface area (Å²) in [7, 11) is 0.